The summed E-state index contributed by atoms with van der Waals surface area (Å²) in [4.78, 5) is 14.0. The monoisotopic (exact) mass is 401 g/mol. The predicted octanol–water partition coefficient (Wildman–Crippen LogP) is 2.87. The van der Waals surface area contributed by atoms with Crippen LogP contribution in [0.5, 0.6) is 0 Å². The summed E-state index contributed by atoms with van der Waals surface area (Å²) < 4.78 is 1.13. The maximum Gasteiger partial charge on any atom is 0.223 e. The fourth-order valence-electron chi connectivity index (χ4n) is 3.44. The van der Waals surface area contributed by atoms with E-state index in [2.05, 4.69) is 76.7 Å². The second-order valence-electron chi connectivity index (χ2n) is 7.03. The molecule has 1 aliphatic rings. The summed E-state index contributed by atoms with van der Waals surface area (Å²) in [5.74, 6) is 0.374. The molecule has 2 aromatic carbocycles. The molecule has 4 heteroatoms. The molecule has 3 rings (SSSR count). The molecule has 0 radical (unpaired) electrons. The lowest BCUT2D eigenvalue weighted by molar-refractivity contribution is -0.919. The smallest absolute Gasteiger partial charge is 0.223 e. The summed E-state index contributed by atoms with van der Waals surface area (Å²) in [6, 6.07) is 16.9. The first-order valence-electron chi connectivity index (χ1n) is 9.01. The third kappa shape index (κ3) is 5.41. The largest absolute Gasteiger partial charge is 0.352 e. The molecule has 0 saturated carbocycles. The summed E-state index contributed by atoms with van der Waals surface area (Å²) in [6.07, 6.45) is 1.95. The molecule has 2 aromatic rings. The number of hydrogen-bond acceptors (Lipinski definition) is 1. The number of nitrogens with one attached hydrogen (secondary N) is 2. The first-order valence-corrected chi connectivity index (χ1v) is 9.81. The summed E-state index contributed by atoms with van der Waals surface area (Å²) in [5.41, 5.74) is 3.76. The molecule has 1 fully saturated rings. The van der Waals surface area contributed by atoms with Gasteiger partial charge in [0, 0.05) is 35.3 Å². The molecule has 0 bridgehead atoms. The lowest BCUT2D eigenvalue weighted by atomic mass is 9.95. The fourth-order valence-corrected chi connectivity index (χ4v) is 3.89. The van der Waals surface area contributed by atoms with E-state index in [-0.39, 0.29) is 11.8 Å². The van der Waals surface area contributed by atoms with Crippen molar-refractivity contribution in [1.29, 1.82) is 0 Å². The van der Waals surface area contributed by atoms with Gasteiger partial charge in [-0.25, -0.2) is 0 Å². The van der Waals surface area contributed by atoms with Crippen LogP contribution in [0.4, 0.5) is 0 Å². The Balaban J connectivity index is 1.43. The number of benzene rings is 2. The van der Waals surface area contributed by atoms with E-state index in [9.17, 15) is 4.79 Å². The minimum atomic E-state index is 0.164. The van der Waals surface area contributed by atoms with Gasteiger partial charge >= 0.3 is 0 Å². The summed E-state index contributed by atoms with van der Waals surface area (Å²) in [7, 11) is 0. The van der Waals surface area contributed by atoms with Gasteiger partial charge in [0.1, 0.15) is 6.54 Å². The quantitative estimate of drug-likeness (QED) is 0.793. The number of likely N-dealkylation sites (tertiary alicyclic amines) is 1. The van der Waals surface area contributed by atoms with Crippen LogP contribution < -0.4 is 10.2 Å². The molecule has 0 aliphatic carbocycles. The zero-order chi connectivity index (χ0) is 17.6. The zero-order valence-electron chi connectivity index (χ0n) is 14.7. The van der Waals surface area contributed by atoms with Crippen LogP contribution in [0, 0.1) is 12.8 Å². The van der Waals surface area contributed by atoms with Crippen LogP contribution in [0.15, 0.2) is 53.0 Å². The molecular formula is C21H26BrN2O+. The molecule has 25 heavy (non-hydrogen) atoms. The van der Waals surface area contributed by atoms with Gasteiger partial charge in [-0.05, 0) is 24.6 Å². The maximum absolute atomic E-state index is 12.4. The molecule has 132 valence electrons. The molecule has 0 unspecified atom stereocenters. The van der Waals surface area contributed by atoms with Gasteiger partial charge in [-0.3, -0.25) is 4.79 Å². The van der Waals surface area contributed by atoms with Crippen LogP contribution in [-0.4, -0.2) is 19.0 Å². The third-order valence-electron chi connectivity index (χ3n) is 4.99. The number of carbonyl (C=O) groups excluding carboxylic acids is 1. The van der Waals surface area contributed by atoms with Crippen molar-refractivity contribution in [2.24, 2.45) is 5.92 Å². The van der Waals surface area contributed by atoms with Gasteiger partial charge in [-0.1, -0.05) is 57.9 Å². The molecular weight excluding hydrogens is 376 g/mol. The number of rotatable bonds is 5. The Morgan fingerprint density at radius 1 is 1.12 bits per heavy atom. The van der Waals surface area contributed by atoms with Crippen LogP contribution in [-0.2, 0) is 17.9 Å². The zero-order valence-corrected chi connectivity index (χ0v) is 16.3. The van der Waals surface area contributed by atoms with Gasteiger partial charge in [0.15, 0.2) is 0 Å². The van der Waals surface area contributed by atoms with Gasteiger partial charge in [0.2, 0.25) is 5.91 Å². The molecule has 1 heterocycles. The van der Waals surface area contributed by atoms with Crippen LogP contribution in [0.3, 0.4) is 0 Å². The Morgan fingerprint density at radius 2 is 1.84 bits per heavy atom. The van der Waals surface area contributed by atoms with Gasteiger partial charge in [-0.2, -0.15) is 0 Å². The second kappa shape index (κ2) is 8.63. The van der Waals surface area contributed by atoms with E-state index < -0.39 is 0 Å². The van der Waals surface area contributed by atoms with Crippen LogP contribution >= 0.6 is 15.9 Å². The predicted molar refractivity (Wildman–Crippen MR) is 104 cm³/mol. The number of halogens is 1. The lowest BCUT2D eigenvalue weighted by Gasteiger charge is -2.28. The van der Waals surface area contributed by atoms with Crippen molar-refractivity contribution in [2.45, 2.75) is 32.9 Å². The maximum atomic E-state index is 12.4. The Kier molecular flexibility index (Phi) is 6.27. The summed E-state index contributed by atoms with van der Waals surface area (Å²) >= 11 is 3.53. The first-order chi connectivity index (χ1) is 12.1. The van der Waals surface area contributed by atoms with Crippen molar-refractivity contribution in [3.8, 4) is 0 Å². The second-order valence-corrected chi connectivity index (χ2v) is 7.95. The van der Waals surface area contributed by atoms with E-state index in [0.717, 1.165) is 42.5 Å². The molecule has 3 nitrogen and oxygen atoms in total. The standard InChI is InChI=1S/C21H25BrN2O/c1-16-5-7-17(8-6-16)14-23-21(25)19-9-11-24(12-10-19)15-18-3-2-4-20(22)13-18/h2-8,13,19H,9-12,14-15H2,1H3,(H,23,25)/p+1. The highest BCUT2D eigenvalue weighted by molar-refractivity contribution is 9.10. The number of amides is 1. The molecule has 1 amide bonds. The van der Waals surface area contributed by atoms with Gasteiger partial charge in [-0.15, -0.1) is 0 Å². The number of carbonyl (C=O) groups is 1. The highest BCUT2D eigenvalue weighted by atomic mass is 79.9. The van der Waals surface area contributed by atoms with E-state index in [4.69, 9.17) is 0 Å². The Hall–Kier alpha value is -1.65. The number of hydrogen-bond donors (Lipinski definition) is 2. The van der Waals surface area contributed by atoms with Gasteiger partial charge in [0.25, 0.3) is 0 Å². The summed E-state index contributed by atoms with van der Waals surface area (Å²) in [5, 5.41) is 3.11. The van der Waals surface area contributed by atoms with E-state index in [1.807, 2.05) is 0 Å². The van der Waals surface area contributed by atoms with E-state index in [0.29, 0.717) is 6.54 Å². The average molecular weight is 402 g/mol. The third-order valence-corrected chi connectivity index (χ3v) is 5.49. The first kappa shape index (κ1) is 18.2. The number of quaternary nitrogens is 1. The van der Waals surface area contributed by atoms with E-state index >= 15 is 0 Å². The topological polar surface area (TPSA) is 33.5 Å². The minimum Gasteiger partial charge on any atom is -0.352 e. The molecule has 2 N–H and O–H groups in total. The van der Waals surface area contributed by atoms with Crippen molar-refractivity contribution >= 4 is 21.8 Å². The van der Waals surface area contributed by atoms with Crippen LogP contribution in [0.2, 0.25) is 0 Å². The molecule has 1 aliphatic heterocycles. The summed E-state index contributed by atoms with van der Waals surface area (Å²) in [6.45, 7) is 5.87. The fraction of sp³-hybridized carbons (Fsp3) is 0.381. The van der Waals surface area contributed by atoms with Crippen LogP contribution in [0.1, 0.15) is 29.5 Å². The average Bonchev–Trinajstić information content (AvgIpc) is 2.62. The highest BCUT2D eigenvalue weighted by Crippen LogP contribution is 2.13. The van der Waals surface area contributed by atoms with Gasteiger partial charge in [0.05, 0.1) is 13.1 Å². The van der Waals surface area contributed by atoms with Crippen molar-refractivity contribution in [2.75, 3.05) is 13.1 Å². The Labute approximate surface area is 158 Å². The molecule has 0 atom stereocenters. The van der Waals surface area contributed by atoms with Crippen LogP contribution in [0.25, 0.3) is 0 Å². The van der Waals surface area contributed by atoms with Crippen molar-refractivity contribution < 1.29 is 9.69 Å². The highest BCUT2D eigenvalue weighted by Gasteiger charge is 2.27. The van der Waals surface area contributed by atoms with Crippen molar-refractivity contribution in [3.05, 3.63) is 69.7 Å². The number of aryl methyl sites for hydroxylation is 1. The SMILES string of the molecule is Cc1ccc(CNC(=O)C2CC[NH+](Cc3cccc(Br)c3)CC2)cc1. The van der Waals surface area contributed by atoms with E-state index in [1.165, 1.54) is 11.1 Å². The minimum absolute atomic E-state index is 0.164. The Bertz CT molecular complexity index is 706. The molecule has 0 spiro atoms. The van der Waals surface area contributed by atoms with Gasteiger partial charge < -0.3 is 10.2 Å². The molecule has 0 aromatic heterocycles. The van der Waals surface area contributed by atoms with Crippen molar-refractivity contribution in [3.63, 3.8) is 0 Å². The van der Waals surface area contributed by atoms with Crippen molar-refractivity contribution in [1.82, 2.24) is 5.32 Å². The van der Waals surface area contributed by atoms with E-state index in [1.54, 1.807) is 4.90 Å². The molecule has 1 saturated heterocycles. The normalized spacial score (nSPS) is 20.2. The lowest BCUT2D eigenvalue weighted by Crippen LogP contribution is -3.11. The Morgan fingerprint density at radius 3 is 2.52 bits per heavy atom. The number of piperidine rings is 1.